The van der Waals surface area contributed by atoms with E-state index in [1.165, 1.54) is 126 Å². The maximum Gasteiger partial charge on any atom is 0.0619 e. The highest BCUT2D eigenvalue weighted by atomic mass is 15.0. The van der Waals surface area contributed by atoms with Crippen LogP contribution in [0.3, 0.4) is 0 Å². The van der Waals surface area contributed by atoms with Gasteiger partial charge in [-0.2, -0.15) is 0 Å². The van der Waals surface area contributed by atoms with Gasteiger partial charge in [0.05, 0.1) is 27.8 Å². The number of para-hydroxylation sites is 1. The van der Waals surface area contributed by atoms with Crippen molar-refractivity contribution in [3.8, 4) is 55.9 Å². The Labute approximate surface area is 357 Å². The third kappa shape index (κ3) is 4.64. The van der Waals surface area contributed by atoms with Crippen LogP contribution >= 0.6 is 0 Å². The molecule has 286 valence electrons. The van der Waals surface area contributed by atoms with Crippen molar-refractivity contribution in [1.29, 1.82) is 0 Å². The molecule has 0 N–H and O–H groups in total. The van der Waals surface area contributed by atoms with E-state index in [0.717, 1.165) is 5.69 Å². The molecule has 1 aliphatic rings. The molecule has 2 heteroatoms. The van der Waals surface area contributed by atoms with Crippen molar-refractivity contribution in [1.82, 2.24) is 9.13 Å². The zero-order valence-electron chi connectivity index (χ0n) is 33.7. The highest BCUT2D eigenvalue weighted by Crippen LogP contribution is 2.49. The van der Waals surface area contributed by atoms with Gasteiger partial charge < -0.3 is 9.13 Å². The summed E-state index contributed by atoms with van der Waals surface area (Å²) >= 11 is 0. The number of fused-ring (bicyclic) bond motifs is 12. The van der Waals surface area contributed by atoms with E-state index < -0.39 is 0 Å². The van der Waals surface area contributed by atoms with Gasteiger partial charge in [0, 0.05) is 38.0 Å². The van der Waals surface area contributed by atoms with Gasteiger partial charge in [-0.05, 0) is 115 Å². The average molecular weight is 785 g/mol. The molecule has 1 aliphatic carbocycles. The zero-order valence-corrected chi connectivity index (χ0v) is 33.7. The highest BCUT2D eigenvalue weighted by Gasteiger charge is 2.23. The van der Waals surface area contributed by atoms with Crippen molar-refractivity contribution in [2.45, 2.75) is 0 Å². The summed E-state index contributed by atoms with van der Waals surface area (Å²) in [5.41, 5.74) is 17.4. The van der Waals surface area contributed by atoms with Crippen LogP contribution in [0.25, 0.3) is 132 Å². The summed E-state index contributed by atoms with van der Waals surface area (Å²) in [4.78, 5) is 0. The first-order valence-corrected chi connectivity index (χ1v) is 21.5. The molecule has 2 heterocycles. The molecule has 14 rings (SSSR count). The van der Waals surface area contributed by atoms with Gasteiger partial charge in [-0.15, -0.1) is 0 Å². The van der Waals surface area contributed by atoms with Gasteiger partial charge in [-0.3, -0.25) is 0 Å². The van der Waals surface area contributed by atoms with Crippen molar-refractivity contribution in [2.75, 3.05) is 0 Å². The first-order valence-electron chi connectivity index (χ1n) is 21.5. The van der Waals surface area contributed by atoms with Crippen molar-refractivity contribution in [2.24, 2.45) is 0 Å². The van der Waals surface area contributed by atoms with Crippen LogP contribution in [0.15, 0.2) is 218 Å². The molecule has 11 aromatic carbocycles. The second-order valence-electron chi connectivity index (χ2n) is 16.8. The third-order valence-electron chi connectivity index (χ3n) is 13.6. The van der Waals surface area contributed by atoms with E-state index >= 15 is 0 Å². The smallest absolute Gasteiger partial charge is 0.0619 e. The summed E-state index contributed by atoms with van der Waals surface area (Å²) in [5.74, 6) is 0. The number of benzene rings is 11. The van der Waals surface area contributed by atoms with E-state index in [1.54, 1.807) is 0 Å². The lowest BCUT2D eigenvalue weighted by Gasteiger charge is -2.14. The van der Waals surface area contributed by atoms with Gasteiger partial charge in [-0.1, -0.05) is 170 Å². The molecule has 0 unspecified atom stereocenters. The number of nitrogens with zero attached hydrogens (tertiary/aromatic N) is 2. The summed E-state index contributed by atoms with van der Waals surface area (Å²) in [7, 11) is 0. The number of rotatable bonds is 4. The average Bonchev–Trinajstić information content (AvgIpc) is 3.98. The van der Waals surface area contributed by atoms with Crippen LogP contribution < -0.4 is 0 Å². The molecular weight excluding hydrogens is 749 g/mol. The first-order chi connectivity index (χ1) is 30.8. The molecule has 0 radical (unpaired) electrons. The van der Waals surface area contributed by atoms with E-state index in [2.05, 4.69) is 228 Å². The minimum atomic E-state index is 1.15. The summed E-state index contributed by atoms with van der Waals surface area (Å²) in [6.07, 6.45) is 0. The maximum absolute atomic E-state index is 2.50. The monoisotopic (exact) mass is 784 g/mol. The molecule has 0 spiro atoms. The van der Waals surface area contributed by atoms with E-state index in [1.807, 2.05) is 0 Å². The van der Waals surface area contributed by atoms with Crippen molar-refractivity contribution in [3.05, 3.63) is 218 Å². The fraction of sp³-hybridized carbons (Fsp3) is 0. The minimum Gasteiger partial charge on any atom is -0.309 e. The molecule has 0 amide bonds. The highest BCUT2D eigenvalue weighted by molar-refractivity contribution is 6.21. The quantitative estimate of drug-likeness (QED) is 0.168. The van der Waals surface area contributed by atoms with Gasteiger partial charge in [-0.25, -0.2) is 0 Å². The Bertz CT molecular complexity index is 4010. The van der Waals surface area contributed by atoms with Crippen LogP contribution in [0.4, 0.5) is 0 Å². The van der Waals surface area contributed by atoms with Gasteiger partial charge in [0.15, 0.2) is 0 Å². The van der Waals surface area contributed by atoms with Crippen LogP contribution in [0.2, 0.25) is 0 Å². The summed E-state index contributed by atoms with van der Waals surface area (Å²) in [5, 5.41) is 12.6. The Morgan fingerprint density at radius 2 is 0.823 bits per heavy atom. The Morgan fingerprint density at radius 1 is 0.258 bits per heavy atom. The van der Waals surface area contributed by atoms with Crippen LogP contribution in [0.5, 0.6) is 0 Å². The number of aromatic nitrogens is 2. The van der Waals surface area contributed by atoms with Crippen molar-refractivity contribution >= 4 is 75.9 Å². The van der Waals surface area contributed by atoms with E-state index in [-0.39, 0.29) is 0 Å². The van der Waals surface area contributed by atoms with Gasteiger partial charge in [0.1, 0.15) is 0 Å². The Morgan fingerprint density at radius 3 is 1.65 bits per heavy atom. The largest absolute Gasteiger partial charge is 0.309 e. The topological polar surface area (TPSA) is 9.86 Å². The Hall–Kier alpha value is -8.20. The minimum absolute atomic E-state index is 1.15. The SMILES string of the molecule is c1cc(-c2ccc3c4c(cccc24)-c2ccccc2-3)cc(-n2c3ccc(-c4ccc5c(c4)c4ccccc4n5-c4cccc5ccccc45)cc3c3ccc4ccccc4c32)c1. The lowest BCUT2D eigenvalue weighted by atomic mass is 9.94. The molecule has 0 saturated carbocycles. The molecule has 0 bridgehead atoms. The van der Waals surface area contributed by atoms with E-state index in [4.69, 9.17) is 0 Å². The molecule has 0 fully saturated rings. The van der Waals surface area contributed by atoms with Crippen LogP contribution in [0, 0.1) is 0 Å². The van der Waals surface area contributed by atoms with Gasteiger partial charge >= 0.3 is 0 Å². The fourth-order valence-corrected chi connectivity index (χ4v) is 10.9. The lowest BCUT2D eigenvalue weighted by molar-refractivity contribution is 1.19. The van der Waals surface area contributed by atoms with Crippen molar-refractivity contribution in [3.63, 3.8) is 0 Å². The molecular formula is C60H36N2. The predicted molar refractivity (Wildman–Crippen MR) is 263 cm³/mol. The summed E-state index contributed by atoms with van der Waals surface area (Å²) in [6, 6.07) is 81.1. The third-order valence-corrected chi connectivity index (χ3v) is 13.6. The van der Waals surface area contributed by atoms with Gasteiger partial charge in [0.2, 0.25) is 0 Å². The van der Waals surface area contributed by atoms with Crippen LogP contribution in [-0.4, -0.2) is 9.13 Å². The molecule has 2 nitrogen and oxygen atoms in total. The molecule has 0 saturated heterocycles. The van der Waals surface area contributed by atoms with E-state index in [9.17, 15) is 0 Å². The fourth-order valence-electron chi connectivity index (χ4n) is 10.9. The number of hydrogen-bond acceptors (Lipinski definition) is 0. The molecule has 0 atom stereocenters. The van der Waals surface area contributed by atoms with Crippen LogP contribution in [-0.2, 0) is 0 Å². The normalized spacial score (nSPS) is 12.2. The molecule has 13 aromatic rings. The molecule has 62 heavy (non-hydrogen) atoms. The summed E-state index contributed by atoms with van der Waals surface area (Å²) in [6.45, 7) is 0. The lowest BCUT2D eigenvalue weighted by Crippen LogP contribution is -1.95. The predicted octanol–water partition coefficient (Wildman–Crippen LogP) is 16.3. The zero-order chi connectivity index (χ0) is 40.5. The summed E-state index contributed by atoms with van der Waals surface area (Å²) < 4.78 is 4.94. The molecule has 2 aromatic heterocycles. The number of hydrogen-bond donors (Lipinski definition) is 0. The van der Waals surface area contributed by atoms with Crippen molar-refractivity contribution < 1.29 is 0 Å². The van der Waals surface area contributed by atoms with Crippen LogP contribution in [0.1, 0.15) is 0 Å². The second kappa shape index (κ2) is 12.7. The Balaban J connectivity index is 0.960. The van der Waals surface area contributed by atoms with E-state index in [0.29, 0.717) is 0 Å². The maximum atomic E-state index is 2.50. The second-order valence-corrected chi connectivity index (χ2v) is 16.8. The standard InChI is InChI=1S/C60H36N2/c1-3-17-44-37(12-1)14-10-25-55(44)62-56-24-8-7-21-48(56)53-35-39(28-33-58(53)62)40-27-32-57-54(36-40)52-29-26-38-13-2-4-18-45(38)60(52)61(57)42-16-9-15-41(34-42)43-30-31-51-47-20-6-5-19-46(47)50-23-11-22-49(43)59(50)51/h1-36H. The first kappa shape index (κ1) is 33.6. The Kier molecular flexibility index (Phi) is 6.86. The molecule has 0 aliphatic heterocycles. The van der Waals surface area contributed by atoms with Gasteiger partial charge in [0.25, 0.3) is 0 Å².